The third-order valence-electron chi connectivity index (χ3n) is 4.54. The fourth-order valence-corrected chi connectivity index (χ4v) is 4.73. The molecule has 1 atom stereocenters. The summed E-state index contributed by atoms with van der Waals surface area (Å²) in [5, 5.41) is 3.04. The highest BCUT2D eigenvalue weighted by Gasteiger charge is 2.33. The Labute approximate surface area is 153 Å². The second-order valence-electron chi connectivity index (χ2n) is 6.18. The van der Waals surface area contributed by atoms with Gasteiger partial charge in [0.2, 0.25) is 15.9 Å². The molecule has 1 aromatic rings. The lowest BCUT2D eigenvalue weighted by atomic mass is 9.98. The molecule has 1 aromatic carbocycles. The van der Waals surface area contributed by atoms with Crippen LogP contribution >= 0.6 is 15.9 Å². The first kappa shape index (κ1) is 19.4. The van der Waals surface area contributed by atoms with E-state index in [0.717, 1.165) is 23.7 Å². The van der Waals surface area contributed by atoms with Crippen molar-refractivity contribution in [3.63, 3.8) is 0 Å². The van der Waals surface area contributed by atoms with Gasteiger partial charge in [-0.15, -0.1) is 0 Å². The first-order valence-corrected chi connectivity index (χ1v) is 10.7. The molecule has 0 saturated carbocycles. The third-order valence-corrected chi connectivity index (χ3v) is 6.95. The Morgan fingerprint density at radius 1 is 1.29 bits per heavy atom. The number of halogens is 1. The molecule has 0 aliphatic carbocycles. The minimum atomic E-state index is -3.55. The fourth-order valence-electron chi connectivity index (χ4n) is 2.94. The van der Waals surface area contributed by atoms with Crippen LogP contribution in [0.4, 0.5) is 0 Å². The average Bonchev–Trinajstić information content (AvgIpc) is 2.60. The third kappa shape index (κ3) is 4.58. The van der Waals surface area contributed by atoms with Gasteiger partial charge >= 0.3 is 0 Å². The normalized spacial score (nSPS) is 19.4. The predicted molar refractivity (Wildman–Crippen MR) is 98.1 cm³/mol. The van der Waals surface area contributed by atoms with E-state index in [1.807, 2.05) is 13.8 Å². The lowest BCUT2D eigenvalue weighted by molar-refractivity contribution is -0.126. The molecule has 0 spiro atoms. The summed E-state index contributed by atoms with van der Waals surface area (Å²) < 4.78 is 27.8. The summed E-state index contributed by atoms with van der Waals surface area (Å²) in [6, 6.07) is 6.78. The number of benzene rings is 1. The van der Waals surface area contributed by atoms with Gasteiger partial charge < -0.3 is 5.32 Å². The number of hydrogen-bond donors (Lipinski definition) is 1. The molecule has 1 saturated heterocycles. The molecule has 5 nitrogen and oxygen atoms in total. The van der Waals surface area contributed by atoms with Crippen molar-refractivity contribution >= 4 is 31.9 Å². The number of carbonyl (C=O) groups is 1. The van der Waals surface area contributed by atoms with E-state index in [1.54, 1.807) is 24.3 Å². The smallest absolute Gasteiger partial charge is 0.243 e. The second kappa shape index (κ2) is 8.45. The van der Waals surface area contributed by atoms with Crippen LogP contribution in [-0.4, -0.2) is 37.8 Å². The van der Waals surface area contributed by atoms with E-state index in [9.17, 15) is 13.2 Å². The maximum atomic E-state index is 12.8. The van der Waals surface area contributed by atoms with Gasteiger partial charge in [0, 0.05) is 23.6 Å². The minimum Gasteiger partial charge on any atom is -0.353 e. The number of sulfonamides is 1. The average molecular weight is 417 g/mol. The monoisotopic (exact) mass is 416 g/mol. The van der Waals surface area contributed by atoms with Crippen LogP contribution in [-0.2, 0) is 14.8 Å². The number of piperidine rings is 1. The molecule has 24 heavy (non-hydrogen) atoms. The zero-order chi connectivity index (χ0) is 17.7. The van der Waals surface area contributed by atoms with Gasteiger partial charge in [0.15, 0.2) is 0 Å². The quantitative estimate of drug-likeness (QED) is 0.774. The van der Waals surface area contributed by atoms with Crippen LogP contribution in [0.1, 0.15) is 39.5 Å². The van der Waals surface area contributed by atoms with Crippen molar-refractivity contribution < 1.29 is 13.2 Å². The first-order chi connectivity index (χ1) is 11.4. The molecular weight excluding hydrogens is 392 g/mol. The van der Waals surface area contributed by atoms with Crippen LogP contribution in [0.3, 0.4) is 0 Å². The maximum Gasteiger partial charge on any atom is 0.243 e. The summed E-state index contributed by atoms with van der Waals surface area (Å²) in [5.41, 5.74) is 0. The number of nitrogens with one attached hydrogen (secondary N) is 1. The highest BCUT2D eigenvalue weighted by atomic mass is 79.9. The van der Waals surface area contributed by atoms with E-state index in [0.29, 0.717) is 13.0 Å². The van der Waals surface area contributed by atoms with E-state index >= 15 is 0 Å². The molecular formula is C17H25BrN2O3S. The van der Waals surface area contributed by atoms with Gasteiger partial charge in [-0.05, 0) is 49.9 Å². The van der Waals surface area contributed by atoms with Gasteiger partial charge in [0.25, 0.3) is 0 Å². The predicted octanol–water partition coefficient (Wildman–Crippen LogP) is 3.15. The van der Waals surface area contributed by atoms with Crippen LogP contribution in [0.2, 0.25) is 0 Å². The van der Waals surface area contributed by atoms with Crippen LogP contribution in [0.5, 0.6) is 0 Å². The fraction of sp³-hybridized carbons (Fsp3) is 0.588. The summed E-state index contributed by atoms with van der Waals surface area (Å²) in [4.78, 5) is 12.7. The Balaban J connectivity index is 2.09. The molecule has 0 bridgehead atoms. The van der Waals surface area contributed by atoms with Gasteiger partial charge in [-0.3, -0.25) is 4.79 Å². The molecule has 0 unspecified atom stereocenters. The van der Waals surface area contributed by atoms with Crippen molar-refractivity contribution in [3.05, 3.63) is 28.7 Å². The van der Waals surface area contributed by atoms with Gasteiger partial charge in [-0.2, -0.15) is 4.31 Å². The molecule has 1 aliphatic rings. The van der Waals surface area contributed by atoms with Gasteiger partial charge in [-0.1, -0.05) is 29.8 Å². The molecule has 2 rings (SSSR count). The largest absolute Gasteiger partial charge is 0.353 e. The van der Waals surface area contributed by atoms with Crippen molar-refractivity contribution in [3.8, 4) is 0 Å². The van der Waals surface area contributed by atoms with Crippen molar-refractivity contribution in [1.82, 2.24) is 9.62 Å². The highest BCUT2D eigenvalue weighted by Crippen LogP contribution is 2.25. The van der Waals surface area contributed by atoms with Crippen molar-refractivity contribution in [2.75, 3.05) is 13.1 Å². The highest BCUT2D eigenvalue weighted by molar-refractivity contribution is 9.10. The van der Waals surface area contributed by atoms with Crippen LogP contribution in [0, 0.1) is 5.92 Å². The summed E-state index contributed by atoms with van der Waals surface area (Å²) in [7, 11) is -3.55. The summed E-state index contributed by atoms with van der Waals surface area (Å²) >= 11 is 3.31. The van der Waals surface area contributed by atoms with E-state index in [4.69, 9.17) is 0 Å². The van der Waals surface area contributed by atoms with Crippen molar-refractivity contribution in [1.29, 1.82) is 0 Å². The molecule has 1 fully saturated rings. The maximum absolute atomic E-state index is 12.8. The molecule has 1 N–H and O–H groups in total. The second-order valence-corrected chi connectivity index (χ2v) is 9.03. The van der Waals surface area contributed by atoms with Crippen molar-refractivity contribution in [2.45, 2.75) is 50.5 Å². The van der Waals surface area contributed by atoms with E-state index in [1.165, 1.54) is 4.31 Å². The molecule has 1 amide bonds. The van der Waals surface area contributed by atoms with E-state index < -0.39 is 10.0 Å². The number of nitrogens with zero attached hydrogens (tertiary/aromatic N) is 1. The van der Waals surface area contributed by atoms with Crippen LogP contribution < -0.4 is 5.32 Å². The van der Waals surface area contributed by atoms with Gasteiger partial charge in [-0.25, -0.2) is 8.42 Å². The summed E-state index contributed by atoms with van der Waals surface area (Å²) in [5.74, 6) is -0.302. The Morgan fingerprint density at radius 2 is 1.92 bits per heavy atom. The lowest BCUT2D eigenvalue weighted by Gasteiger charge is -2.32. The zero-order valence-corrected chi connectivity index (χ0v) is 16.6. The van der Waals surface area contributed by atoms with Gasteiger partial charge in [0.05, 0.1) is 10.8 Å². The van der Waals surface area contributed by atoms with Crippen LogP contribution in [0.15, 0.2) is 33.6 Å². The Kier molecular flexibility index (Phi) is 6.83. The molecule has 134 valence electrons. The van der Waals surface area contributed by atoms with E-state index in [-0.39, 0.29) is 29.3 Å². The topological polar surface area (TPSA) is 66.5 Å². The molecule has 7 heteroatoms. The van der Waals surface area contributed by atoms with Gasteiger partial charge in [0.1, 0.15) is 0 Å². The number of amides is 1. The van der Waals surface area contributed by atoms with Crippen LogP contribution in [0.25, 0.3) is 0 Å². The number of hydrogen-bond acceptors (Lipinski definition) is 3. The number of carbonyl (C=O) groups excluding carboxylic acids is 1. The minimum absolute atomic E-state index is 0.0283. The molecule has 0 radical (unpaired) electrons. The number of rotatable bonds is 6. The first-order valence-electron chi connectivity index (χ1n) is 8.44. The Hall–Kier alpha value is -0.920. The summed E-state index contributed by atoms with van der Waals surface area (Å²) in [6.45, 7) is 4.80. The standard InChI is InChI=1S/C17H25BrN2O3S/c1-3-15(4-2)19-17(21)13-6-5-11-20(12-13)24(22,23)16-9-7-14(18)8-10-16/h7-10,13,15H,3-6,11-12H2,1-2H3,(H,19,21)/t13-/m0/s1. The Bertz CT molecular complexity index is 657. The lowest BCUT2D eigenvalue weighted by Crippen LogP contribution is -2.47. The molecule has 1 aliphatic heterocycles. The molecule has 0 aromatic heterocycles. The molecule has 1 heterocycles. The van der Waals surface area contributed by atoms with Crippen molar-refractivity contribution in [2.24, 2.45) is 5.92 Å². The summed E-state index contributed by atoms with van der Waals surface area (Å²) in [6.07, 6.45) is 3.21. The Morgan fingerprint density at radius 3 is 2.50 bits per heavy atom. The zero-order valence-electron chi connectivity index (χ0n) is 14.2. The SMILES string of the molecule is CCC(CC)NC(=O)[C@H]1CCCN(S(=O)(=O)c2ccc(Br)cc2)C1. The van der Waals surface area contributed by atoms with E-state index in [2.05, 4.69) is 21.2 Å².